The van der Waals surface area contributed by atoms with Gasteiger partial charge in [0.2, 0.25) is 0 Å². The molecular formula is C10H15NO4. The fourth-order valence-electron chi connectivity index (χ4n) is 1.39. The summed E-state index contributed by atoms with van der Waals surface area (Å²) in [4.78, 5) is 22.4. The first-order chi connectivity index (χ1) is 7.13. The molecule has 0 bridgehead atoms. The highest BCUT2D eigenvalue weighted by atomic mass is 16.6. The molecule has 84 valence electrons. The van der Waals surface area contributed by atoms with Crippen molar-refractivity contribution in [3.63, 3.8) is 0 Å². The van der Waals surface area contributed by atoms with E-state index in [4.69, 9.17) is 5.11 Å². The lowest BCUT2D eigenvalue weighted by atomic mass is 10.3. The molecular weight excluding hydrogens is 198 g/mol. The van der Waals surface area contributed by atoms with Crippen molar-refractivity contribution in [2.45, 2.75) is 25.4 Å². The maximum atomic E-state index is 10.1. The molecule has 1 unspecified atom stereocenters. The van der Waals surface area contributed by atoms with E-state index in [1.807, 2.05) is 6.20 Å². The fraction of sp³-hybridized carbons (Fsp3) is 0.600. The van der Waals surface area contributed by atoms with Gasteiger partial charge in [0, 0.05) is 13.1 Å². The van der Waals surface area contributed by atoms with Crippen molar-refractivity contribution < 1.29 is 19.4 Å². The number of cyclic esters (lactones) is 2. The molecule has 2 fully saturated rings. The molecule has 0 aliphatic carbocycles. The number of aliphatic hydroxyl groups is 1. The second-order valence-electron chi connectivity index (χ2n) is 3.44. The topological polar surface area (TPSA) is 66.8 Å². The van der Waals surface area contributed by atoms with E-state index in [-0.39, 0.29) is 6.42 Å². The molecule has 5 heteroatoms. The Bertz CT molecular complexity index is 258. The number of carbonyl (C=O) groups is 2. The van der Waals surface area contributed by atoms with Gasteiger partial charge in [-0.25, -0.2) is 4.79 Å². The number of hydrogen-bond donors (Lipinski definition) is 1. The molecule has 2 saturated heterocycles. The van der Waals surface area contributed by atoms with Crippen LogP contribution in [0.5, 0.6) is 0 Å². The quantitative estimate of drug-likeness (QED) is 0.492. The lowest BCUT2D eigenvalue weighted by molar-refractivity contribution is -0.154. The van der Waals surface area contributed by atoms with Crippen LogP contribution in [0.1, 0.15) is 19.3 Å². The maximum absolute atomic E-state index is 10.1. The molecule has 2 aliphatic rings. The van der Waals surface area contributed by atoms with Crippen molar-refractivity contribution in [3.8, 4) is 0 Å². The van der Waals surface area contributed by atoms with Gasteiger partial charge in [0.1, 0.15) is 0 Å². The minimum Gasteiger partial charge on any atom is -0.391 e. The number of aliphatic hydroxyl groups excluding tert-OH is 1. The van der Waals surface area contributed by atoms with Crippen LogP contribution in [0, 0.1) is 0 Å². The molecule has 0 aromatic heterocycles. The lowest BCUT2D eigenvalue weighted by Crippen LogP contribution is -2.11. The van der Waals surface area contributed by atoms with Crippen molar-refractivity contribution >= 4 is 11.9 Å². The van der Waals surface area contributed by atoms with Gasteiger partial charge in [0.05, 0.1) is 6.42 Å². The van der Waals surface area contributed by atoms with E-state index in [0.29, 0.717) is 0 Å². The van der Waals surface area contributed by atoms with Gasteiger partial charge in [-0.15, -0.1) is 0 Å². The summed E-state index contributed by atoms with van der Waals surface area (Å²) in [6.45, 7) is 6.12. The Balaban J connectivity index is 0.000000151. The van der Waals surface area contributed by atoms with Crippen LogP contribution in [0.4, 0.5) is 0 Å². The Labute approximate surface area is 88.3 Å². The first-order valence-corrected chi connectivity index (χ1v) is 4.92. The SMILES string of the molecule is C=CN1CCCC1.O=C1CC(O)C(=O)O1. The third-order valence-corrected chi connectivity index (χ3v) is 2.25. The Morgan fingerprint density at radius 1 is 1.40 bits per heavy atom. The van der Waals surface area contributed by atoms with Crippen molar-refractivity contribution in [2.24, 2.45) is 0 Å². The molecule has 1 N–H and O–H groups in total. The zero-order valence-electron chi connectivity index (χ0n) is 8.52. The van der Waals surface area contributed by atoms with Gasteiger partial charge in [-0.05, 0) is 19.0 Å². The number of carbonyl (C=O) groups excluding carboxylic acids is 2. The van der Waals surface area contributed by atoms with Gasteiger partial charge >= 0.3 is 11.9 Å². The average Bonchev–Trinajstić information content (AvgIpc) is 2.78. The third-order valence-electron chi connectivity index (χ3n) is 2.25. The van der Waals surface area contributed by atoms with Gasteiger partial charge in [0.25, 0.3) is 0 Å². The summed E-state index contributed by atoms with van der Waals surface area (Å²) in [5, 5.41) is 8.47. The van der Waals surface area contributed by atoms with E-state index in [1.165, 1.54) is 25.9 Å². The minimum absolute atomic E-state index is 0.196. The summed E-state index contributed by atoms with van der Waals surface area (Å²) in [5.41, 5.74) is 0. The summed E-state index contributed by atoms with van der Waals surface area (Å²) < 4.78 is 3.95. The number of hydrogen-bond acceptors (Lipinski definition) is 5. The van der Waals surface area contributed by atoms with Crippen molar-refractivity contribution in [2.75, 3.05) is 13.1 Å². The van der Waals surface area contributed by atoms with Crippen molar-refractivity contribution in [1.29, 1.82) is 0 Å². The van der Waals surface area contributed by atoms with Gasteiger partial charge in [0.15, 0.2) is 6.10 Å². The number of ether oxygens (including phenoxy) is 1. The fourth-order valence-corrected chi connectivity index (χ4v) is 1.39. The Morgan fingerprint density at radius 2 is 2.00 bits per heavy atom. The van der Waals surface area contributed by atoms with Crippen LogP contribution in [-0.2, 0) is 14.3 Å². The van der Waals surface area contributed by atoms with Crippen LogP contribution in [0.3, 0.4) is 0 Å². The maximum Gasteiger partial charge on any atom is 0.343 e. The second-order valence-corrected chi connectivity index (χ2v) is 3.44. The largest absolute Gasteiger partial charge is 0.391 e. The van der Waals surface area contributed by atoms with Gasteiger partial charge in [-0.3, -0.25) is 4.79 Å². The van der Waals surface area contributed by atoms with Crippen LogP contribution in [0.15, 0.2) is 12.8 Å². The van der Waals surface area contributed by atoms with Gasteiger partial charge < -0.3 is 14.7 Å². The van der Waals surface area contributed by atoms with Crippen LogP contribution < -0.4 is 0 Å². The molecule has 0 spiro atoms. The minimum atomic E-state index is -1.22. The van der Waals surface area contributed by atoms with E-state index in [2.05, 4.69) is 16.2 Å². The lowest BCUT2D eigenvalue weighted by Gasteiger charge is -2.07. The standard InChI is InChI=1S/C6H11N.C4H4O4/c1-2-7-5-3-4-6-7;5-2-1-3(6)8-4(2)7/h2H,1,3-6H2;2,5H,1H2. The number of nitrogens with zero attached hydrogens (tertiary/aromatic N) is 1. The molecule has 0 radical (unpaired) electrons. The van der Waals surface area contributed by atoms with E-state index < -0.39 is 18.0 Å². The molecule has 2 aliphatic heterocycles. The van der Waals surface area contributed by atoms with E-state index >= 15 is 0 Å². The predicted octanol–water partition coefficient (Wildman–Crippen LogP) is 0.0465. The van der Waals surface area contributed by atoms with Crippen LogP contribution in [0.2, 0.25) is 0 Å². The summed E-state index contributed by atoms with van der Waals surface area (Å²) >= 11 is 0. The molecule has 0 saturated carbocycles. The summed E-state index contributed by atoms with van der Waals surface area (Å²) in [6, 6.07) is 0. The highest BCUT2D eigenvalue weighted by Crippen LogP contribution is 2.06. The highest BCUT2D eigenvalue weighted by molar-refractivity contribution is 5.95. The van der Waals surface area contributed by atoms with E-state index in [0.717, 1.165) is 0 Å². The molecule has 0 aromatic carbocycles. The zero-order chi connectivity index (χ0) is 11.3. The highest BCUT2D eigenvalue weighted by Gasteiger charge is 2.30. The predicted molar refractivity (Wildman–Crippen MR) is 52.7 cm³/mol. The Hall–Kier alpha value is -1.36. The van der Waals surface area contributed by atoms with Gasteiger partial charge in [-0.1, -0.05) is 6.58 Å². The van der Waals surface area contributed by atoms with E-state index in [1.54, 1.807) is 0 Å². The molecule has 0 amide bonds. The molecule has 2 rings (SSSR count). The van der Waals surface area contributed by atoms with Crippen LogP contribution in [0.25, 0.3) is 0 Å². The van der Waals surface area contributed by atoms with Gasteiger partial charge in [-0.2, -0.15) is 0 Å². The number of rotatable bonds is 1. The third kappa shape index (κ3) is 3.71. The molecule has 0 aromatic rings. The number of likely N-dealkylation sites (tertiary alicyclic amines) is 1. The molecule has 5 nitrogen and oxygen atoms in total. The first-order valence-electron chi connectivity index (χ1n) is 4.92. The summed E-state index contributed by atoms with van der Waals surface area (Å²) in [5.74, 6) is -1.49. The van der Waals surface area contributed by atoms with Crippen LogP contribution in [-0.4, -0.2) is 41.1 Å². The zero-order valence-corrected chi connectivity index (χ0v) is 8.52. The monoisotopic (exact) mass is 213 g/mol. The summed E-state index contributed by atoms with van der Waals surface area (Å²) in [6.07, 6.45) is 3.21. The Kier molecular flexibility index (Phi) is 4.30. The van der Waals surface area contributed by atoms with E-state index in [9.17, 15) is 9.59 Å². The first kappa shape index (κ1) is 11.7. The summed E-state index contributed by atoms with van der Waals surface area (Å²) in [7, 11) is 0. The van der Waals surface area contributed by atoms with Crippen molar-refractivity contribution in [1.82, 2.24) is 4.90 Å². The smallest absolute Gasteiger partial charge is 0.343 e. The average molecular weight is 213 g/mol. The Morgan fingerprint density at radius 3 is 2.20 bits per heavy atom. The second kappa shape index (κ2) is 5.50. The number of esters is 2. The molecule has 1 atom stereocenters. The molecule has 2 heterocycles. The normalized spacial score (nSPS) is 24.6. The van der Waals surface area contributed by atoms with Crippen LogP contribution >= 0.6 is 0 Å². The van der Waals surface area contributed by atoms with Crippen molar-refractivity contribution in [3.05, 3.63) is 12.8 Å². The molecule has 15 heavy (non-hydrogen) atoms.